The van der Waals surface area contributed by atoms with Crippen LogP contribution in [0.4, 0.5) is 11.4 Å². The van der Waals surface area contributed by atoms with Gasteiger partial charge in [0.05, 0.1) is 12.7 Å². The van der Waals surface area contributed by atoms with E-state index in [1.807, 2.05) is 12.1 Å². The lowest BCUT2D eigenvalue weighted by molar-refractivity contribution is 0.0819. The summed E-state index contributed by atoms with van der Waals surface area (Å²) in [5.41, 5.74) is 7.87. The van der Waals surface area contributed by atoms with Crippen LogP contribution in [-0.2, 0) is 4.74 Å². The predicted molar refractivity (Wildman–Crippen MR) is 78.9 cm³/mol. The first-order valence-corrected chi connectivity index (χ1v) is 7.04. The summed E-state index contributed by atoms with van der Waals surface area (Å²) in [6.45, 7) is 4.85. The quantitative estimate of drug-likeness (QED) is 0.831. The maximum absolute atomic E-state index is 5.96. The predicted octanol–water partition coefficient (Wildman–Crippen LogP) is 2.67. The van der Waals surface area contributed by atoms with Crippen molar-refractivity contribution in [2.24, 2.45) is 0 Å². The van der Waals surface area contributed by atoms with Crippen molar-refractivity contribution in [1.82, 2.24) is 0 Å². The summed E-state index contributed by atoms with van der Waals surface area (Å²) in [5, 5.41) is 0. The van der Waals surface area contributed by atoms with Crippen LogP contribution in [0.1, 0.15) is 26.2 Å². The molecule has 0 atom stereocenters. The Morgan fingerprint density at radius 3 is 2.63 bits per heavy atom. The molecule has 0 aliphatic carbocycles. The van der Waals surface area contributed by atoms with Crippen molar-refractivity contribution in [3.05, 3.63) is 18.2 Å². The van der Waals surface area contributed by atoms with E-state index >= 15 is 0 Å². The molecule has 1 heterocycles. The molecule has 0 radical (unpaired) electrons. The van der Waals surface area contributed by atoms with Crippen LogP contribution in [0.2, 0.25) is 0 Å². The van der Waals surface area contributed by atoms with Gasteiger partial charge in [0.25, 0.3) is 0 Å². The van der Waals surface area contributed by atoms with E-state index in [1.54, 1.807) is 7.11 Å². The molecule has 19 heavy (non-hydrogen) atoms. The zero-order valence-electron chi connectivity index (χ0n) is 11.9. The maximum Gasteiger partial charge on any atom is 0.123 e. The summed E-state index contributed by atoms with van der Waals surface area (Å²) in [6.07, 6.45) is 3.53. The fourth-order valence-corrected chi connectivity index (χ4v) is 2.44. The fraction of sp³-hybridized carbons (Fsp3) is 0.600. The van der Waals surface area contributed by atoms with Crippen LogP contribution in [0, 0.1) is 0 Å². The summed E-state index contributed by atoms with van der Waals surface area (Å²) >= 11 is 0. The number of anilines is 2. The van der Waals surface area contributed by atoms with Crippen molar-refractivity contribution in [2.45, 2.75) is 32.3 Å². The van der Waals surface area contributed by atoms with Crippen LogP contribution in [0.25, 0.3) is 0 Å². The molecule has 1 saturated heterocycles. The summed E-state index contributed by atoms with van der Waals surface area (Å²) in [4.78, 5) is 2.35. The number of rotatable bonds is 5. The Hall–Kier alpha value is -1.42. The van der Waals surface area contributed by atoms with Gasteiger partial charge in [-0.2, -0.15) is 0 Å². The number of nitrogens with zero attached hydrogens (tertiary/aromatic N) is 1. The molecule has 1 aliphatic heterocycles. The normalized spacial score (nSPS) is 16.6. The molecule has 4 nitrogen and oxygen atoms in total. The Morgan fingerprint density at radius 1 is 1.26 bits per heavy atom. The van der Waals surface area contributed by atoms with Crippen molar-refractivity contribution < 1.29 is 9.47 Å². The van der Waals surface area contributed by atoms with Crippen LogP contribution in [-0.4, -0.2) is 32.9 Å². The first-order chi connectivity index (χ1) is 9.22. The second kappa shape index (κ2) is 6.66. The molecule has 1 aromatic carbocycles. The topological polar surface area (TPSA) is 47.7 Å². The van der Waals surface area contributed by atoms with E-state index < -0.39 is 0 Å². The molecular weight excluding hydrogens is 240 g/mol. The number of hydrogen-bond donors (Lipinski definition) is 1. The molecule has 0 bridgehead atoms. The van der Waals surface area contributed by atoms with Crippen LogP contribution in [0.15, 0.2) is 18.2 Å². The van der Waals surface area contributed by atoms with Gasteiger partial charge in [-0.3, -0.25) is 0 Å². The van der Waals surface area contributed by atoms with Crippen LogP contribution >= 0.6 is 0 Å². The number of nitrogen functional groups attached to an aromatic ring is 1. The van der Waals surface area contributed by atoms with Crippen molar-refractivity contribution in [2.75, 3.05) is 37.4 Å². The third-order valence-electron chi connectivity index (χ3n) is 3.53. The highest BCUT2D eigenvalue weighted by molar-refractivity contribution is 5.60. The van der Waals surface area contributed by atoms with E-state index in [4.69, 9.17) is 15.2 Å². The largest absolute Gasteiger partial charge is 0.493 e. The van der Waals surface area contributed by atoms with E-state index in [2.05, 4.69) is 17.9 Å². The van der Waals surface area contributed by atoms with Gasteiger partial charge in [-0.1, -0.05) is 6.92 Å². The lowest BCUT2D eigenvalue weighted by Crippen LogP contribution is -2.36. The van der Waals surface area contributed by atoms with Gasteiger partial charge in [-0.05, 0) is 25.3 Å². The SMILES string of the molecule is CCCOc1cc(N)cc(N2CCC(OC)CC2)c1. The van der Waals surface area contributed by atoms with E-state index in [1.165, 1.54) is 0 Å². The summed E-state index contributed by atoms with van der Waals surface area (Å²) in [7, 11) is 1.79. The Labute approximate surface area is 115 Å². The minimum atomic E-state index is 0.396. The molecule has 1 aliphatic rings. The third kappa shape index (κ3) is 3.77. The van der Waals surface area contributed by atoms with Gasteiger partial charge in [-0.25, -0.2) is 0 Å². The monoisotopic (exact) mass is 264 g/mol. The highest BCUT2D eigenvalue weighted by Crippen LogP contribution is 2.28. The molecule has 4 heteroatoms. The molecule has 2 N–H and O–H groups in total. The Kier molecular flexibility index (Phi) is 4.91. The summed E-state index contributed by atoms with van der Waals surface area (Å²) < 4.78 is 11.1. The van der Waals surface area contributed by atoms with Gasteiger partial charge >= 0.3 is 0 Å². The number of hydrogen-bond acceptors (Lipinski definition) is 4. The molecule has 1 aromatic rings. The van der Waals surface area contributed by atoms with Crippen LogP contribution in [0.5, 0.6) is 5.75 Å². The first-order valence-electron chi connectivity index (χ1n) is 7.04. The van der Waals surface area contributed by atoms with Gasteiger partial charge in [0.2, 0.25) is 0 Å². The molecule has 2 rings (SSSR count). The number of nitrogens with two attached hydrogens (primary N) is 1. The second-order valence-corrected chi connectivity index (χ2v) is 5.03. The molecule has 0 spiro atoms. The molecule has 0 aromatic heterocycles. The van der Waals surface area contributed by atoms with Crippen molar-refractivity contribution >= 4 is 11.4 Å². The van der Waals surface area contributed by atoms with Gasteiger partial charge in [0.15, 0.2) is 0 Å². The first kappa shape index (κ1) is 14.0. The highest BCUT2D eigenvalue weighted by atomic mass is 16.5. The highest BCUT2D eigenvalue weighted by Gasteiger charge is 2.19. The minimum Gasteiger partial charge on any atom is -0.493 e. The zero-order valence-corrected chi connectivity index (χ0v) is 11.9. The lowest BCUT2D eigenvalue weighted by Gasteiger charge is -2.33. The number of piperidine rings is 1. The van der Waals surface area contributed by atoms with Crippen molar-refractivity contribution in [3.8, 4) is 5.75 Å². The van der Waals surface area contributed by atoms with Gasteiger partial charge < -0.3 is 20.1 Å². The van der Waals surface area contributed by atoms with E-state index in [0.29, 0.717) is 6.10 Å². The average Bonchev–Trinajstić information content (AvgIpc) is 2.44. The van der Waals surface area contributed by atoms with E-state index in [-0.39, 0.29) is 0 Å². The van der Waals surface area contributed by atoms with Crippen molar-refractivity contribution in [3.63, 3.8) is 0 Å². The van der Waals surface area contributed by atoms with Crippen LogP contribution in [0.3, 0.4) is 0 Å². The number of ether oxygens (including phenoxy) is 2. The minimum absolute atomic E-state index is 0.396. The molecule has 106 valence electrons. The standard InChI is InChI=1S/C15H24N2O2/c1-3-8-19-15-10-12(16)9-13(11-15)17-6-4-14(18-2)5-7-17/h9-11,14H,3-8,16H2,1-2H3. The molecular formula is C15H24N2O2. The Morgan fingerprint density at radius 2 is 2.00 bits per heavy atom. The smallest absolute Gasteiger partial charge is 0.123 e. The molecule has 0 amide bonds. The maximum atomic E-state index is 5.96. The fourth-order valence-electron chi connectivity index (χ4n) is 2.44. The third-order valence-corrected chi connectivity index (χ3v) is 3.53. The average molecular weight is 264 g/mol. The lowest BCUT2D eigenvalue weighted by atomic mass is 10.1. The summed E-state index contributed by atoms with van der Waals surface area (Å²) in [6, 6.07) is 5.99. The van der Waals surface area contributed by atoms with Crippen molar-refractivity contribution in [1.29, 1.82) is 0 Å². The molecule has 0 saturated carbocycles. The number of methoxy groups -OCH3 is 1. The van der Waals surface area contributed by atoms with E-state index in [9.17, 15) is 0 Å². The van der Waals surface area contributed by atoms with Gasteiger partial charge in [-0.15, -0.1) is 0 Å². The zero-order chi connectivity index (χ0) is 13.7. The van der Waals surface area contributed by atoms with E-state index in [0.717, 1.165) is 56.1 Å². The number of benzene rings is 1. The van der Waals surface area contributed by atoms with Crippen LogP contribution < -0.4 is 15.4 Å². The Balaban J connectivity index is 2.05. The van der Waals surface area contributed by atoms with Gasteiger partial charge in [0.1, 0.15) is 5.75 Å². The second-order valence-electron chi connectivity index (χ2n) is 5.03. The Bertz CT molecular complexity index is 401. The molecule has 0 unspecified atom stereocenters. The van der Waals surface area contributed by atoms with Gasteiger partial charge in [0, 0.05) is 43.7 Å². The summed E-state index contributed by atoms with van der Waals surface area (Å²) in [5.74, 6) is 0.866. The molecule has 1 fully saturated rings.